The first-order valence-corrected chi connectivity index (χ1v) is 6.50. The zero-order valence-electron chi connectivity index (χ0n) is 11.4. The Morgan fingerprint density at radius 1 is 1.25 bits per heavy atom. The Hall–Kier alpha value is -2.36. The molecule has 0 fully saturated rings. The van der Waals surface area contributed by atoms with Gasteiger partial charge in [0.05, 0.1) is 0 Å². The van der Waals surface area contributed by atoms with E-state index < -0.39 is 5.41 Å². The number of benzene rings is 1. The summed E-state index contributed by atoms with van der Waals surface area (Å²) in [5, 5.41) is 2.93. The fourth-order valence-corrected chi connectivity index (χ4v) is 2.50. The Balaban J connectivity index is 2.13. The van der Waals surface area contributed by atoms with Crippen molar-refractivity contribution in [2.75, 3.05) is 5.32 Å². The lowest BCUT2D eigenvalue weighted by molar-refractivity contribution is -0.124. The Morgan fingerprint density at radius 2 is 2.05 bits per heavy atom. The lowest BCUT2D eigenvalue weighted by Crippen LogP contribution is -2.37. The van der Waals surface area contributed by atoms with E-state index >= 15 is 0 Å². The van der Waals surface area contributed by atoms with E-state index in [9.17, 15) is 9.59 Å². The third-order valence-corrected chi connectivity index (χ3v) is 3.67. The molecule has 1 aromatic carbocycles. The van der Waals surface area contributed by atoms with Crippen molar-refractivity contribution in [2.45, 2.75) is 20.3 Å². The van der Waals surface area contributed by atoms with E-state index in [4.69, 9.17) is 4.42 Å². The molecule has 0 radical (unpaired) electrons. The molecule has 1 aromatic heterocycles. The molecule has 0 unspecified atom stereocenters. The molecule has 2 aromatic rings. The fourth-order valence-electron chi connectivity index (χ4n) is 2.50. The molecular weight excluding hydrogens is 254 g/mol. The van der Waals surface area contributed by atoms with Gasteiger partial charge in [0.15, 0.2) is 12.0 Å². The zero-order chi connectivity index (χ0) is 14.3. The van der Waals surface area contributed by atoms with E-state index in [1.54, 1.807) is 12.1 Å². The summed E-state index contributed by atoms with van der Waals surface area (Å²) in [6.45, 7) is 3.84. The number of fused-ring (bicyclic) bond motifs is 1. The Morgan fingerprint density at radius 3 is 2.75 bits per heavy atom. The first-order chi connectivity index (χ1) is 9.51. The van der Waals surface area contributed by atoms with Crippen LogP contribution in [0.2, 0.25) is 0 Å². The van der Waals surface area contributed by atoms with Gasteiger partial charge in [0.2, 0.25) is 5.91 Å². The van der Waals surface area contributed by atoms with E-state index in [-0.39, 0.29) is 5.91 Å². The quantitative estimate of drug-likeness (QED) is 0.851. The van der Waals surface area contributed by atoms with Gasteiger partial charge in [-0.2, -0.15) is 0 Å². The van der Waals surface area contributed by atoms with Crippen molar-refractivity contribution in [2.24, 2.45) is 5.41 Å². The number of aldehydes is 1. The average Bonchev–Trinajstić information content (AvgIpc) is 2.88. The molecule has 1 amide bonds. The summed E-state index contributed by atoms with van der Waals surface area (Å²) in [6, 6.07) is 9.13. The van der Waals surface area contributed by atoms with Gasteiger partial charge in [-0.15, -0.1) is 0 Å². The number of anilines is 1. The normalized spacial score (nSPS) is 16.4. The lowest BCUT2D eigenvalue weighted by Gasteiger charge is -2.31. The Bertz CT molecular complexity index is 697. The monoisotopic (exact) mass is 269 g/mol. The summed E-state index contributed by atoms with van der Waals surface area (Å²) in [4.78, 5) is 22.7. The summed E-state index contributed by atoms with van der Waals surface area (Å²) in [5.41, 5.74) is 2.33. The second kappa shape index (κ2) is 4.34. The number of carbonyl (C=O) groups excluding carboxylic acids is 2. The maximum atomic E-state index is 12.0. The lowest BCUT2D eigenvalue weighted by atomic mass is 9.79. The molecule has 1 aliphatic heterocycles. The highest BCUT2D eigenvalue weighted by Gasteiger charge is 2.34. The van der Waals surface area contributed by atoms with Gasteiger partial charge in [-0.05, 0) is 30.2 Å². The SMILES string of the molecule is CC1(C)Cc2c(cccc2-c2ccc(C=O)o2)NC1=O. The van der Waals surface area contributed by atoms with Crippen LogP contribution in [-0.2, 0) is 11.2 Å². The van der Waals surface area contributed by atoms with Gasteiger partial charge in [0.1, 0.15) is 5.76 Å². The van der Waals surface area contributed by atoms with Crippen molar-refractivity contribution in [1.82, 2.24) is 0 Å². The summed E-state index contributed by atoms with van der Waals surface area (Å²) in [6.07, 6.45) is 1.33. The third kappa shape index (κ3) is 1.93. The molecule has 0 atom stereocenters. The molecule has 20 heavy (non-hydrogen) atoms. The van der Waals surface area contributed by atoms with E-state index in [0.29, 0.717) is 24.2 Å². The van der Waals surface area contributed by atoms with Crippen LogP contribution in [0.5, 0.6) is 0 Å². The van der Waals surface area contributed by atoms with Crippen molar-refractivity contribution in [1.29, 1.82) is 0 Å². The summed E-state index contributed by atoms with van der Waals surface area (Å²) >= 11 is 0. The van der Waals surface area contributed by atoms with Crippen LogP contribution in [0.1, 0.15) is 30.0 Å². The maximum absolute atomic E-state index is 12.0. The highest BCUT2D eigenvalue weighted by molar-refractivity contribution is 5.99. The van der Waals surface area contributed by atoms with Crippen LogP contribution in [0.4, 0.5) is 5.69 Å². The number of rotatable bonds is 2. The van der Waals surface area contributed by atoms with Crippen molar-refractivity contribution in [3.63, 3.8) is 0 Å². The highest BCUT2D eigenvalue weighted by Crippen LogP contribution is 2.39. The Kier molecular flexibility index (Phi) is 2.74. The van der Waals surface area contributed by atoms with E-state index in [1.165, 1.54) is 0 Å². The van der Waals surface area contributed by atoms with Gasteiger partial charge in [-0.1, -0.05) is 26.0 Å². The van der Waals surface area contributed by atoms with Crippen LogP contribution in [-0.4, -0.2) is 12.2 Å². The predicted octanol–water partition coefficient (Wildman–Crippen LogP) is 3.28. The largest absolute Gasteiger partial charge is 0.453 e. The fraction of sp³-hybridized carbons (Fsp3) is 0.250. The molecule has 0 saturated carbocycles. The topological polar surface area (TPSA) is 59.3 Å². The molecule has 4 heteroatoms. The number of hydrogen-bond acceptors (Lipinski definition) is 3. The molecule has 3 rings (SSSR count). The smallest absolute Gasteiger partial charge is 0.230 e. The maximum Gasteiger partial charge on any atom is 0.230 e. The van der Waals surface area contributed by atoms with Crippen LogP contribution in [0, 0.1) is 5.41 Å². The van der Waals surface area contributed by atoms with Crippen molar-refractivity contribution in [3.8, 4) is 11.3 Å². The van der Waals surface area contributed by atoms with Gasteiger partial charge in [-0.3, -0.25) is 9.59 Å². The highest BCUT2D eigenvalue weighted by atomic mass is 16.3. The Labute approximate surface area is 116 Å². The molecular formula is C16H15NO3. The molecule has 2 heterocycles. The van der Waals surface area contributed by atoms with Gasteiger partial charge in [0.25, 0.3) is 0 Å². The van der Waals surface area contributed by atoms with Crippen LogP contribution in [0.3, 0.4) is 0 Å². The van der Waals surface area contributed by atoms with Gasteiger partial charge >= 0.3 is 0 Å². The molecule has 0 bridgehead atoms. The number of nitrogens with one attached hydrogen (secondary N) is 1. The zero-order valence-corrected chi connectivity index (χ0v) is 11.4. The van der Waals surface area contributed by atoms with Crippen LogP contribution in [0.15, 0.2) is 34.7 Å². The second-order valence-corrected chi connectivity index (χ2v) is 5.67. The number of hydrogen-bond donors (Lipinski definition) is 1. The molecule has 0 spiro atoms. The van der Waals surface area contributed by atoms with E-state index in [1.807, 2.05) is 32.0 Å². The summed E-state index contributed by atoms with van der Waals surface area (Å²) < 4.78 is 5.50. The van der Waals surface area contributed by atoms with Gasteiger partial charge in [0, 0.05) is 16.7 Å². The summed E-state index contributed by atoms with van der Waals surface area (Å²) in [5.74, 6) is 0.975. The van der Waals surface area contributed by atoms with Crippen molar-refractivity contribution in [3.05, 3.63) is 41.7 Å². The minimum absolute atomic E-state index is 0.0233. The molecule has 1 aliphatic rings. The standard InChI is InChI=1S/C16H15NO3/c1-16(2)8-12-11(14-7-6-10(9-18)20-14)4-3-5-13(12)17-15(16)19/h3-7,9H,8H2,1-2H3,(H,17,19). The van der Waals surface area contributed by atoms with Crippen LogP contribution in [0.25, 0.3) is 11.3 Å². The first-order valence-electron chi connectivity index (χ1n) is 6.50. The van der Waals surface area contributed by atoms with Crippen LogP contribution >= 0.6 is 0 Å². The predicted molar refractivity (Wildman–Crippen MR) is 75.6 cm³/mol. The minimum Gasteiger partial charge on any atom is -0.453 e. The molecule has 4 nitrogen and oxygen atoms in total. The average molecular weight is 269 g/mol. The minimum atomic E-state index is -0.455. The number of furan rings is 1. The molecule has 0 saturated heterocycles. The van der Waals surface area contributed by atoms with Gasteiger partial charge in [-0.25, -0.2) is 0 Å². The first kappa shape index (κ1) is 12.7. The van der Waals surface area contributed by atoms with Crippen molar-refractivity contribution >= 4 is 17.9 Å². The molecule has 1 N–H and O–H groups in total. The third-order valence-electron chi connectivity index (χ3n) is 3.67. The van der Waals surface area contributed by atoms with Crippen molar-refractivity contribution < 1.29 is 14.0 Å². The molecule has 102 valence electrons. The molecule has 0 aliphatic carbocycles. The van der Waals surface area contributed by atoms with Gasteiger partial charge < -0.3 is 9.73 Å². The summed E-state index contributed by atoms with van der Waals surface area (Å²) in [7, 11) is 0. The van der Waals surface area contributed by atoms with Crippen LogP contribution < -0.4 is 5.32 Å². The number of amides is 1. The second-order valence-electron chi connectivity index (χ2n) is 5.67. The number of carbonyl (C=O) groups is 2. The van der Waals surface area contributed by atoms with E-state index in [2.05, 4.69) is 5.32 Å². The van der Waals surface area contributed by atoms with E-state index in [0.717, 1.165) is 16.8 Å².